The number of hydrogen-bond donors (Lipinski definition) is 1. The van der Waals surface area contributed by atoms with Crippen LogP contribution in [0.5, 0.6) is 0 Å². The van der Waals surface area contributed by atoms with Crippen LogP contribution in [0, 0.1) is 5.92 Å². The first-order valence-electron chi connectivity index (χ1n) is 7.09. The molecule has 1 fully saturated rings. The molecule has 1 aliphatic carbocycles. The lowest BCUT2D eigenvalue weighted by Gasteiger charge is -2.32. The molecule has 1 saturated carbocycles. The number of hydrogen-bond acceptors (Lipinski definition) is 2. The monoisotopic (exact) mass is 251 g/mol. The van der Waals surface area contributed by atoms with Crippen molar-refractivity contribution in [1.82, 2.24) is 5.32 Å². The van der Waals surface area contributed by atoms with E-state index in [4.69, 9.17) is 0 Å². The second-order valence-corrected chi connectivity index (χ2v) is 6.14. The molecule has 17 heavy (non-hydrogen) atoms. The summed E-state index contributed by atoms with van der Waals surface area (Å²) in [6.45, 7) is 4.63. The van der Waals surface area contributed by atoms with Crippen molar-refractivity contribution in [2.75, 3.05) is 0 Å². The first-order chi connectivity index (χ1) is 8.31. The minimum atomic E-state index is 0.508. The summed E-state index contributed by atoms with van der Waals surface area (Å²) in [6.07, 6.45) is 8.46. The average Bonchev–Trinajstić information content (AvgIpc) is 2.90. The molecule has 0 amide bonds. The van der Waals surface area contributed by atoms with Gasteiger partial charge in [0, 0.05) is 12.1 Å². The minimum absolute atomic E-state index is 0.508. The fourth-order valence-corrected chi connectivity index (χ4v) is 3.82. The van der Waals surface area contributed by atoms with Crippen molar-refractivity contribution in [2.45, 2.75) is 64.5 Å². The van der Waals surface area contributed by atoms with E-state index < -0.39 is 0 Å². The van der Waals surface area contributed by atoms with Gasteiger partial charge < -0.3 is 5.32 Å². The van der Waals surface area contributed by atoms with Crippen molar-refractivity contribution in [1.29, 1.82) is 0 Å². The summed E-state index contributed by atoms with van der Waals surface area (Å²) >= 11 is 1.80. The van der Waals surface area contributed by atoms with Crippen molar-refractivity contribution in [3.05, 3.63) is 22.4 Å². The van der Waals surface area contributed by atoms with Crippen LogP contribution in [0.25, 0.3) is 0 Å². The largest absolute Gasteiger partial charge is 0.307 e. The molecule has 0 bridgehead atoms. The van der Waals surface area contributed by atoms with Gasteiger partial charge in [-0.05, 0) is 54.5 Å². The molecule has 0 saturated heterocycles. The smallest absolute Gasteiger partial charge is 0.0302 e. The van der Waals surface area contributed by atoms with Crippen LogP contribution >= 0.6 is 11.3 Å². The molecular weight excluding hydrogens is 226 g/mol. The van der Waals surface area contributed by atoms with Crippen LogP contribution in [0.1, 0.15) is 64.0 Å². The second-order valence-electron chi connectivity index (χ2n) is 5.36. The molecule has 0 radical (unpaired) electrons. The molecule has 1 heterocycles. The molecule has 0 aromatic carbocycles. The van der Waals surface area contributed by atoms with Gasteiger partial charge >= 0.3 is 0 Å². The number of nitrogens with one attached hydrogen (secondary N) is 1. The SMILES string of the molecule is CCC(NC(C)c1ccsc1)C1CCCCC1. The van der Waals surface area contributed by atoms with Gasteiger partial charge in [-0.25, -0.2) is 0 Å². The zero-order valence-electron chi connectivity index (χ0n) is 11.1. The second kappa shape index (κ2) is 6.55. The normalized spacial score (nSPS) is 21.3. The third-order valence-corrected chi connectivity index (χ3v) is 4.87. The minimum Gasteiger partial charge on any atom is -0.307 e. The van der Waals surface area contributed by atoms with Gasteiger partial charge in [-0.2, -0.15) is 11.3 Å². The Morgan fingerprint density at radius 2 is 2.12 bits per heavy atom. The van der Waals surface area contributed by atoms with E-state index in [1.807, 2.05) is 0 Å². The van der Waals surface area contributed by atoms with E-state index in [0.717, 1.165) is 5.92 Å². The Kier molecular flexibility index (Phi) is 5.05. The van der Waals surface area contributed by atoms with E-state index in [1.54, 1.807) is 11.3 Å². The number of rotatable bonds is 5. The summed E-state index contributed by atoms with van der Waals surface area (Å²) < 4.78 is 0. The molecule has 1 aromatic heterocycles. The van der Waals surface area contributed by atoms with E-state index in [-0.39, 0.29) is 0 Å². The number of thiophene rings is 1. The molecule has 1 aromatic rings. The molecule has 2 atom stereocenters. The van der Waals surface area contributed by atoms with Gasteiger partial charge in [-0.3, -0.25) is 0 Å². The molecule has 2 rings (SSSR count). The Morgan fingerprint density at radius 1 is 1.35 bits per heavy atom. The lowest BCUT2D eigenvalue weighted by atomic mass is 9.82. The Labute approximate surface area is 110 Å². The molecule has 0 aliphatic heterocycles. The molecule has 0 spiro atoms. The summed E-state index contributed by atoms with van der Waals surface area (Å²) in [4.78, 5) is 0. The van der Waals surface area contributed by atoms with E-state index in [0.29, 0.717) is 12.1 Å². The van der Waals surface area contributed by atoms with Gasteiger partial charge in [-0.1, -0.05) is 26.2 Å². The van der Waals surface area contributed by atoms with E-state index >= 15 is 0 Å². The summed E-state index contributed by atoms with van der Waals surface area (Å²) in [7, 11) is 0. The maximum atomic E-state index is 3.85. The summed E-state index contributed by atoms with van der Waals surface area (Å²) in [5, 5.41) is 8.29. The van der Waals surface area contributed by atoms with Crippen molar-refractivity contribution in [2.24, 2.45) is 5.92 Å². The highest BCUT2D eigenvalue weighted by Gasteiger charge is 2.23. The van der Waals surface area contributed by atoms with Crippen molar-refractivity contribution < 1.29 is 0 Å². The van der Waals surface area contributed by atoms with Gasteiger partial charge in [0.1, 0.15) is 0 Å². The fraction of sp³-hybridized carbons (Fsp3) is 0.733. The van der Waals surface area contributed by atoms with Crippen LogP contribution in [0.4, 0.5) is 0 Å². The van der Waals surface area contributed by atoms with Crippen LogP contribution in [0.3, 0.4) is 0 Å². The summed E-state index contributed by atoms with van der Waals surface area (Å²) in [5.41, 5.74) is 1.45. The molecule has 2 heteroatoms. The first-order valence-corrected chi connectivity index (χ1v) is 8.03. The maximum absolute atomic E-state index is 3.85. The van der Waals surface area contributed by atoms with Crippen molar-refractivity contribution in [3.8, 4) is 0 Å². The van der Waals surface area contributed by atoms with Crippen LogP contribution in [-0.4, -0.2) is 6.04 Å². The Morgan fingerprint density at radius 3 is 2.71 bits per heavy atom. The standard InChI is InChI=1S/C15H25NS/c1-3-15(13-7-5-4-6-8-13)16-12(2)14-9-10-17-11-14/h9-13,15-16H,3-8H2,1-2H3. The molecule has 1 N–H and O–H groups in total. The highest BCUT2D eigenvalue weighted by Crippen LogP contribution is 2.29. The maximum Gasteiger partial charge on any atom is 0.0302 e. The van der Waals surface area contributed by atoms with E-state index in [2.05, 4.69) is 36.0 Å². The van der Waals surface area contributed by atoms with Crippen molar-refractivity contribution >= 4 is 11.3 Å². The lowest BCUT2D eigenvalue weighted by molar-refractivity contribution is 0.249. The van der Waals surface area contributed by atoms with Gasteiger partial charge in [0.2, 0.25) is 0 Å². The Hall–Kier alpha value is -0.340. The fourth-order valence-electron chi connectivity index (χ4n) is 3.06. The molecule has 2 unspecified atom stereocenters. The zero-order chi connectivity index (χ0) is 12.1. The topological polar surface area (TPSA) is 12.0 Å². The molecular formula is C15H25NS. The van der Waals surface area contributed by atoms with Gasteiger partial charge in [0.15, 0.2) is 0 Å². The zero-order valence-corrected chi connectivity index (χ0v) is 11.9. The van der Waals surface area contributed by atoms with Crippen LogP contribution in [-0.2, 0) is 0 Å². The first kappa shape index (κ1) is 13.1. The van der Waals surface area contributed by atoms with E-state index in [9.17, 15) is 0 Å². The Balaban J connectivity index is 1.90. The molecule has 1 aliphatic rings. The highest BCUT2D eigenvalue weighted by molar-refractivity contribution is 7.07. The predicted octanol–water partition coefficient (Wildman–Crippen LogP) is 4.76. The van der Waals surface area contributed by atoms with Crippen LogP contribution in [0.15, 0.2) is 16.8 Å². The highest BCUT2D eigenvalue weighted by atomic mass is 32.1. The van der Waals surface area contributed by atoms with Crippen LogP contribution < -0.4 is 5.32 Å². The average molecular weight is 251 g/mol. The van der Waals surface area contributed by atoms with Gasteiger partial charge in [0.25, 0.3) is 0 Å². The van der Waals surface area contributed by atoms with Crippen molar-refractivity contribution in [3.63, 3.8) is 0 Å². The lowest BCUT2D eigenvalue weighted by Crippen LogP contribution is -2.38. The van der Waals surface area contributed by atoms with E-state index in [1.165, 1.54) is 44.1 Å². The predicted molar refractivity (Wildman–Crippen MR) is 76.5 cm³/mol. The van der Waals surface area contributed by atoms with Crippen LogP contribution in [0.2, 0.25) is 0 Å². The quantitative estimate of drug-likeness (QED) is 0.795. The summed E-state index contributed by atoms with van der Waals surface area (Å²) in [5.74, 6) is 0.912. The third kappa shape index (κ3) is 3.56. The molecule has 96 valence electrons. The summed E-state index contributed by atoms with van der Waals surface area (Å²) in [6, 6.07) is 3.47. The third-order valence-electron chi connectivity index (χ3n) is 4.17. The van der Waals surface area contributed by atoms with Gasteiger partial charge in [-0.15, -0.1) is 0 Å². The Bertz CT molecular complexity index is 301. The van der Waals surface area contributed by atoms with Gasteiger partial charge in [0.05, 0.1) is 0 Å². The molecule has 1 nitrogen and oxygen atoms in total.